The molecule has 1 aromatic carbocycles. The van der Waals surface area contributed by atoms with E-state index in [9.17, 15) is 0 Å². The van der Waals surface area contributed by atoms with Crippen molar-refractivity contribution in [1.29, 1.82) is 0 Å². The Hall–Kier alpha value is -1.95. The summed E-state index contributed by atoms with van der Waals surface area (Å²) in [6, 6.07) is 4.12. The number of aryl methyl sites for hydroxylation is 1. The van der Waals surface area contributed by atoms with Crippen LogP contribution in [0.4, 0.5) is 5.82 Å². The van der Waals surface area contributed by atoms with Crippen molar-refractivity contribution in [1.82, 2.24) is 19.5 Å². The average molecular weight is 273 g/mol. The van der Waals surface area contributed by atoms with Gasteiger partial charge in [0.1, 0.15) is 12.1 Å². The van der Waals surface area contributed by atoms with Gasteiger partial charge in [0, 0.05) is 18.5 Å². The Morgan fingerprint density at radius 3 is 2.89 bits per heavy atom. The molecule has 0 aliphatic carbocycles. The lowest BCUT2D eigenvalue weighted by Crippen LogP contribution is -2.00. The fraction of sp³-hybridized carbons (Fsp3) is 0.308. The first-order chi connectivity index (χ1) is 9.24. The Morgan fingerprint density at radius 1 is 1.32 bits per heavy atom. The zero-order valence-electron chi connectivity index (χ0n) is 10.9. The smallest absolute Gasteiger partial charge is 0.178 e. The highest BCUT2D eigenvalue weighted by molar-refractivity contribution is 7.71. The molecule has 0 aliphatic heterocycles. The third kappa shape index (κ3) is 1.88. The Labute approximate surface area is 115 Å². The maximum Gasteiger partial charge on any atom is 0.178 e. The summed E-state index contributed by atoms with van der Waals surface area (Å²) < 4.78 is 2.81. The predicted molar refractivity (Wildman–Crippen MR) is 80.1 cm³/mol. The Bertz CT molecular complexity index is 802. The largest absolute Gasteiger partial charge is 0.370 e. The Morgan fingerprint density at radius 2 is 2.16 bits per heavy atom. The molecule has 19 heavy (non-hydrogen) atoms. The molecule has 0 unspecified atom stereocenters. The van der Waals surface area contributed by atoms with Gasteiger partial charge in [-0.15, -0.1) is 0 Å². The summed E-state index contributed by atoms with van der Waals surface area (Å²) in [7, 11) is 0. The quantitative estimate of drug-likeness (QED) is 0.720. The maximum atomic E-state index is 5.33. The van der Waals surface area contributed by atoms with Crippen LogP contribution in [0.2, 0.25) is 0 Å². The second-order valence-corrected chi connectivity index (χ2v) is 4.70. The standard InChI is InChI=1S/C13H15N5S/c1-3-14-12-8-5-10-11(6-9(8)15-7-16-12)18(4-2)13(19)17-10/h5-7H,3-4H2,1-2H3,(H,17,19)(H,14,15,16). The van der Waals surface area contributed by atoms with Gasteiger partial charge in [-0.3, -0.25) is 0 Å². The van der Waals surface area contributed by atoms with Crippen molar-refractivity contribution in [3.63, 3.8) is 0 Å². The van der Waals surface area contributed by atoms with Gasteiger partial charge in [-0.2, -0.15) is 0 Å². The monoisotopic (exact) mass is 273 g/mol. The fourth-order valence-electron chi connectivity index (χ4n) is 2.33. The van der Waals surface area contributed by atoms with E-state index in [2.05, 4.69) is 43.9 Å². The van der Waals surface area contributed by atoms with Crippen LogP contribution in [0.1, 0.15) is 13.8 Å². The van der Waals surface area contributed by atoms with E-state index in [0.29, 0.717) is 0 Å². The molecule has 0 spiro atoms. The van der Waals surface area contributed by atoms with E-state index in [0.717, 1.165) is 45.6 Å². The van der Waals surface area contributed by atoms with Crippen molar-refractivity contribution >= 4 is 40.0 Å². The van der Waals surface area contributed by atoms with E-state index in [4.69, 9.17) is 12.2 Å². The topological polar surface area (TPSA) is 58.5 Å². The number of anilines is 1. The van der Waals surface area contributed by atoms with E-state index in [1.165, 1.54) is 0 Å². The summed E-state index contributed by atoms with van der Waals surface area (Å²) in [5.74, 6) is 0.859. The molecule has 0 radical (unpaired) electrons. The van der Waals surface area contributed by atoms with Crippen LogP contribution >= 0.6 is 12.2 Å². The second kappa shape index (κ2) is 4.62. The minimum absolute atomic E-state index is 0.741. The van der Waals surface area contributed by atoms with Gasteiger partial charge in [-0.25, -0.2) is 9.97 Å². The number of aromatic nitrogens is 4. The van der Waals surface area contributed by atoms with Gasteiger partial charge in [-0.1, -0.05) is 0 Å². The molecule has 0 atom stereocenters. The van der Waals surface area contributed by atoms with Crippen LogP contribution in [0.5, 0.6) is 0 Å². The molecule has 0 fully saturated rings. The number of rotatable bonds is 3. The molecular formula is C13H15N5S. The van der Waals surface area contributed by atoms with E-state index in [1.807, 2.05) is 6.92 Å². The second-order valence-electron chi connectivity index (χ2n) is 4.31. The summed E-state index contributed by atoms with van der Waals surface area (Å²) in [4.78, 5) is 11.9. The molecular weight excluding hydrogens is 258 g/mol. The van der Waals surface area contributed by atoms with Crippen molar-refractivity contribution in [2.75, 3.05) is 11.9 Å². The highest BCUT2D eigenvalue weighted by Gasteiger charge is 2.08. The molecule has 0 amide bonds. The fourth-order valence-corrected chi connectivity index (χ4v) is 2.67. The zero-order chi connectivity index (χ0) is 13.4. The molecule has 6 heteroatoms. The lowest BCUT2D eigenvalue weighted by Gasteiger charge is -2.06. The Balaban J connectivity index is 2.38. The van der Waals surface area contributed by atoms with Crippen LogP contribution in [0, 0.1) is 4.77 Å². The SMILES string of the molecule is CCNc1ncnc2cc3c(cc12)[nH]c(=S)n3CC. The number of imidazole rings is 1. The number of nitrogens with one attached hydrogen (secondary N) is 2. The van der Waals surface area contributed by atoms with E-state index < -0.39 is 0 Å². The minimum atomic E-state index is 0.741. The Kier molecular flexibility index (Phi) is 2.94. The van der Waals surface area contributed by atoms with Gasteiger partial charge in [0.2, 0.25) is 0 Å². The number of fused-ring (bicyclic) bond motifs is 2. The summed E-state index contributed by atoms with van der Waals surface area (Å²) in [6.07, 6.45) is 1.59. The number of benzene rings is 1. The van der Waals surface area contributed by atoms with Gasteiger partial charge in [0.15, 0.2) is 4.77 Å². The molecule has 98 valence electrons. The molecule has 0 saturated carbocycles. The third-order valence-electron chi connectivity index (χ3n) is 3.19. The first-order valence-corrected chi connectivity index (χ1v) is 6.76. The highest BCUT2D eigenvalue weighted by Crippen LogP contribution is 2.25. The van der Waals surface area contributed by atoms with Crippen LogP contribution in [0.15, 0.2) is 18.5 Å². The van der Waals surface area contributed by atoms with Gasteiger partial charge in [0.05, 0.1) is 16.6 Å². The molecule has 3 rings (SSSR count). The van der Waals surface area contributed by atoms with Crippen molar-refractivity contribution in [2.24, 2.45) is 0 Å². The first-order valence-electron chi connectivity index (χ1n) is 6.35. The van der Waals surface area contributed by atoms with Crippen molar-refractivity contribution < 1.29 is 0 Å². The minimum Gasteiger partial charge on any atom is -0.370 e. The number of H-pyrrole nitrogens is 1. The lowest BCUT2D eigenvalue weighted by atomic mass is 10.2. The molecule has 0 aliphatic rings. The summed E-state index contributed by atoms with van der Waals surface area (Å²) in [5, 5.41) is 4.26. The summed E-state index contributed by atoms with van der Waals surface area (Å²) in [5.41, 5.74) is 3.03. The number of hydrogen-bond acceptors (Lipinski definition) is 4. The predicted octanol–water partition coefficient (Wildman–Crippen LogP) is 3.09. The van der Waals surface area contributed by atoms with Gasteiger partial charge in [0.25, 0.3) is 0 Å². The lowest BCUT2D eigenvalue weighted by molar-refractivity contribution is 0.774. The van der Waals surface area contributed by atoms with Crippen molar-refractivity contribution in [2.45, 2.75) is 20.4 Å². The van der Waals surface area contributed by atoms with Crippen LogP contribution in [-0.2, 0) is 6.54 Å². The van der Waals surface area contributed by atoms with Gasteiger partial charge >= 0.3 is 0 Å². The average Bonchev–Trinajstić information content (AvgIpc) is 2.71. The molecule has 0 bridgehead atoms. The molecule has 2 heterocycles. The number of aromatic amines is 1. The maximum absolute atomic E-state index is 5.33. The molecule has 3 aromatic rings. The summed E-state index contributed by atoms with van der Waals surface area (Å²) >= 11 is 5.33. The number of hydrogen-bond donors (Lipinski definition) is 2. The van der Waals surface area contributed by atoms with Crippen molar-refractivity contribution in [3.8, 4) is 0 Å². The van der Waals surface area contributed by atoms with E-state index in [-0.39, 0.29) is 0 Å². The van der Waals surface area contributed by atoms with Gasteiger partial charge in [-0.05, 0) is 38.2 Å². The first kappa shape index (κ1) is 12.1. The normalized spacial score (nSPS) is 11.3. The molecule has 5 nitrogen and oxygen atoms in total. The van der Waals surface area contributed by atoms with Crippen molar-refractivity contribution in [3.05, 3.63) is 23.2 Å². The number of nitrogens with zero attached hydrogens (tertiary/aromatic N) is 3. The highest BCUT2D eigenvalue weighted by atomic mass is 32.1. The van der Waals surface area contributed by atoms with E-state index >= 15 is 0 Å². The van der Waals surface area contributed by atoms with Crippen LogP contribution in [0.3, 0.4) is 0 Å². The molecule has 0 saturated heterocycles. The zero-order valence-corrected chi connectivity index (χ0v) is 11.7. The van der Waals surface area contributed by atoms with Crippen LogP contribution < -0.4 is 5.32 Å². The van der Waals surface area contributed by atoms with Crippen LogP contribution in [-0.4, -0.2) is 26.1 Å². The third-order valence-corrected chi connectivity index (χ3v) is 3.51. The van der Waals surface area contributed by atoms with Gasteiger partial charge < -0.3 is 14.9 Å². The van der Waals surface area contributed by atoms with Crippen LogP contribution in [0.25, 0.3) is 21.9 Å². The molecule has 2 N–H and O–H groups in total. The van der Waals surface area contributed by atoms with E-state index in [1.54, 1.807) is 6.33 Å². The summed E-state index contributed by atoms with van der Waals surface area (Å²) in [6.45, 7) is 5.80. The molecule has 2 aromatic heterocycles.